The fourth-order valence-corrected chi connectivity index (χ4v) is 3.09. The maximum absolute atomic E-state index is 13.2. The second-order valence-corrected chi connectivity index (χ2v) is 6.60. The second kappa shape index (κ2) is 7.28. The van der Waals surface area contributed by atoms with Crippen molar-refractivity contribution in [2.75, 3.05) is 10.2 Å². The van der Waals surface area contributed by atoms with E-state index in [-0.39, 0.29) is 10.7 Å². The van der Waals surface area contributed by atoms with Crippen LogP contribution in [0.15, 0.2) is 36.4 Å². The van der Waals surface area contributed by atoms with Gasteiger partial charge in [-0.2, -0.15) is 13.2 Å². The first-order valence-electron chi connectivity index (χ1n) is 8.05. The summed E-state index contributed by atoms with van der Waals surface area (Å²) in [6.07, 6.45) is -5.17. The first-order chi connectivity index (χ1) is 13.5. The van der Waals surface area contributed by atoms with E-state index in [2.05, 4.69) is 5.32 Å². The molecule has 3 N–H and O–H groups in total. The van der Waals surface area contributed by atoms with Crippen molar-refractivity contribution >= 4 is 40.8 Å². The third-order valence-electron chi connectivity index (χ3n) is 4.23. The Morgan fingerprint density at radius 3 is 2.45 bits per heavy atom. The number of carbonyl (C=O) groups excluding carboxylic acids is 2. The molecular weight excluding hydrogens is 417 g/mol. The highest BCUT2D eigenvalue weighted by atomic mass is 35.5. The zero-order chi connectivity index (χ0) is 21.5. The van der Waals surface area contributed by atoms with Crippen LogP contribution in [0, 0.1) is 0 Å². The molecule has 1 saturated heterocycles. The summed E-state index contributed by atoms with van der Waals surface area (Å²) in [5, 5.41) is 21.0. The Morgan fingerprint density at radius 1 is 1.17 bits per heavy atom. The summed E-state index contributed by atoms with van der Waals surface area (Å²) in [7, 11) is 0. The molecule has 2 amide bonds. The minimum absolute atomic E-state index is 0.0982. The molecule has 152 valence electrons. The topological polar surface area (TPSA) is 107 Å². The first kappa shape index (κ1) is 20.5. The number of benzene rings is 2. The summed E-state index contributed by atoms with van der Waals surface area (Å²) in [6, 6.07) is 4.75. The lowest BCUT2D eigenvalue weighted by Crippen LogP contribution is -2.35. The summed E-state index contributed by atoms with van der Waals surface area (Å²) in [4.78, 5) is 36.5. The average Bonchev–Trinajstić information content (AvgIpc) is 2.88. The van der Waals surface area contributed by atoms with Crippen LogP contribution in [0.3, 0.4) is 0 Å². The van der Waals surface area contributed by atoms with Crippen molar-refractivity contribution in [2.45, 2.75) is 18.6 Å². The number of carbonyl (C=O) groups is 3. The molecule has 0 saturated carbocycles. The lowest BCUT2D eigenvalue weighted by atomic mass is 10.1. The number of aromatic hydroxyl groups is 1. The Kier molecular flexibility index (Phi) is 5.14. The highest BCUT2D eigenvalue weighted by Crippen LogP contribution is 2.38. The Morgan fingerprint density at radius 2 is 1.86 bits per heavy atom. The van der Waals surface area contributed by atoms with E-state index in [0.717, 1.165) is 24.3 Å². The van der Waals surface area contributed by atoms with Gasteiger partial charge in [0.1, 0.15) is 17.4 Å². The van der Waals surface area contributed by atoms with Gasteiger partial charge in [-0.3, -0.25) is 9.59 Å². The highest BCUT2D eigenvalue weighted by molar-refractivity contribution is 6.30. The SMILES string of the molecule is O=C(O)c1ccc(N2C(=O)CC(Nc3ccc(Cl)cc3C(F)(F)F)C2=O)cc1O. The zero-order valence-corrected chi connectivity index (χ0v) is 15.1. The van der Waals surface area contributed by atoms with Crippen LogP contribution < -0.4 is 10.2 Å². The molecule has 11 heteroatoms. The summed E-state index contributed by atoms with van der Waals surface area (Å²) < 4.78 is 39.7. The molecule has 1 aliphatic rings. The van der Waals surface area contributed by atoms with Gasteiger partial charge in [-0.25, -0.2) is 9.69 Å². The normalized spacial score (nSPS) is 17.0. The highest BCUT2D eigenvalue weighted by Gasteiger charge is 2.41. The van der Waals surface area contributed by atoms with Crippen LogP contribution in [0.4, 0.5) is 24.5 Å². The number of halogens is 4. The third-order valence-corrected chi connectivity index (χ3v) is 4.47. The van der Waals surface area contributed by atoms with Crippen LogP contribution in [0.1, 0.15) is 22.3 Å². The molecular formula is C18H12ClF3N2O5. The number of anilines is 2. The van der Waals surface area contributed by atoms with Gasteiger partial charge in [0.25, 0.3) is 5.91 Å². The molecule has 7 nitrogen and oxygen atoms in total. The zero-order valence-electron chi connectivity index (χ0n) is 14.3. The van der Waals surface area contributed by atoms with E-state index in [4.69, 9.17) is 16.7 Å². The molecule has 0 spiro atoms. The summed E-state index contributed by atoms with van der Waals surface area (Å²) in [6.45, 7) is 0. The molecule has 1 unspecified atom stereocenters. The summed E-state index contributed by atoms with van der Waals surface area (Å²) in [5.41, 5.74) is -2.04. The standard InChI is InChI=1S/C18H12ClF3N2O5/c19-8-1-4-12(11(5-8)18(20,21)22)23-13-7-15(26)24(16(13)27)9-2-3-10(17(28)29)14(25)6-9/h1-6,13,23,25H,7H2,(H,28,29). The van der Waals surface area contributed by atoms with Crippen molar-refractivity contribution in [1.29, 1.82) is 0 Å². The fraction of sp³-hybridized carbons (Fsp3) is 0.167. The van der Waals surface area contributed by atoms with E-state index in [1.807, 2.05) is 0 Å². The van der Waals surface area contributed by atoms with E-state index < -0.39 is 59.0 Å². The quantitative estimate of drug-likeness (QED) is 0.643. The number of rotatable bonds is 4. The van der Waals surface area contributed by atoms with Crippen molar-refractivity contribution < 1.29 is 37.8 Å². The van der Waals surface area contributed by atoms with Crippen molar-refractivity contribution in [3.05, 3.63) is 52.5 Å². The molecule has 0 radical (unpaired) electrons. The predicted molar refractivity (Wildman–Crippen MR) is 96.0 cm³/mol. The van der Waals surface area contributed by atoms with Crippen LogP contribution in [0.2, 0.25) is 5.02 Å². The van der Waals surface area contributed by atoms with E-state index in [9.17, 15) is 32.7 Å². The molecule has 3 rings (SSSR count). The van der Waals surface area contributed by atoms with Crippen LogP contribution in [-0.2, 0) is 15.8 Å². The van der Waals surface area contributed by atoms with E-state index in [0.29, 0.717) is 11.0 Å². The van der Waals surface area contributed by atoms with Crippen molar-refractivity contribution in [2.24, 2.45) is 0 Å². The van der Waals surface area contributed by atoms with Crippen LogP contribution in [0.5, 0.6) is 5.75 Å². The number of nitrogens with zero attached hydrogens (tertiary/aromatic N) is 1. The smallest absolute Gasteiger partial charge is 0.418 e. The van der Waals surface area contributed by atoms with Crippen molar-refractivity contribution in [3.8, 4) is 5.75 Å². The minimum Gasteiger partial charge on any atom is -0.507 e. The number of amides is 2. The van der Waals surface area contributed by atoms with Gasteiger partial charge < -0.3 is 15.5 Å². The molecule has 2 aromatic rings. The molecule has 29 heavy (non-hydrogen) atoms. The van der Waals surface area contributed by atoms with Gasteiger partial charge in [-0.15, -0.1) is 0 Å². The van der Waals surface area contributed by atoms with Gasteiger partial charge in [-0.05, 0) is 30.3 Å². The molecule has 0 bridgehead atoms. The summed E-state index contributed by atoms with van der Waals surface area (Å²) >= 11 is 5.62. The maximum atomic E-state index is 13.2. The monoisotopic (exact) mass is 428 g/mol. The van der Waals surface area contributed by atoms with Crippen LogP contribution in [-0.4, -0.2) is 34.0 Å². The number of phenols is 1. The predicted octanol–water partition coefficient (Wildman–Crippen LogP) is 3.51. The van der Waals surface area contributed by atoms with Gasteiger partial charge in [0.15, 0.2) is 0 Å². The number of carboxylic acid groups (broad SMARTS) is 1. The van der Waals surface area contributed by atoms with Gasteiger partial charge in [0.05, 0.1) is 17.7 Å². The Labute approximate surface area is 166 Å². The van der Waals surface area contributed by atoms with Gasteiger partial charge in [0, 0.05) is 16.8 Å². The number of hydrogen-bond donors (Lipinski definition) is 3. The number of imide groups is 1. The van der Waals surface area contributed by atoms with Crippen LogP contribution in [0.25, 0.3) is 0 Å². The maximum Gasteiger partial charge on any atom is 0.418 e. The molecule has 1 fully saturated rings. The molecule has 1 heterocycles. The number of aromatic carboxylic acids is 1. The largest absolute Gasteiger partial charge is 0.507 e. The van der Waals surface area contributed by atoms with Gasteiger partial charge in [0.2, 0.25) is 5.91 Å². The Hall–Kier alpha value is -3.27. The first-order valence-corrected chi connectivity index (χ1v) is 8.43. The number of nitrogens with one attached hydrogen (secondary N) is 1. The van der Waals surface area contributed by atoms with E-state index >= 15 is 0 Å². The fourth-order valence-electron chi connectivity index (χ4n) is 2.92. The minimum atomic E-state index is -4.74. The van der Waals surface area contributed by atoms with Gasteiger partial charge in [-0.1, -0.05) is 11.6 Å². The number of alkyl halides is 3. The molecule has 1 atom stereocenters. The molecule has 2 aromatic carbocycles. The van der Waals surface area contributed by atoms with E-state index in [1.165, 1.54) is 6.07 Å². The van der Waals surface area contributed by atoms with E-state index in [1.54, 1.807) is 0 Å². The molecule has 0 aliphatic carbocycles. The van der Waals surface area contributed by atoms with Crippen molar-refractivity contribution in [1.82, 2.24) is 0 Å². The Bertz CT molecular complexity index is 1030. The average molecular weight is 429 g/mol. The Balaban J connectivity index is 1.89. The lowest BCUT2D eigenvalue weighted by Gasteiger charge is -2.19. The summed E-state index contributed by atoms with van der Waals surface area (Å²) in [5.74, 6) is -3.64. The molecule has 0 aromatic heterocycles. The number of carboxylic acids is 1. The van der Waals surface area contributed by atoms with Gasteiger partial charge >= 0.3 is 12.1 Å². The second-order valence-electron chi connectivity index (χ2n) is 6.16. The molecule has 1 aliphatic heterocycles. The number of hydrogen-bond acceptors (Lipinski definition) is 5. The van der Waals surface area contributed by atoms with Crippen molar-refractivity contribution in [3.63, 3.8) is 0 Å². The van der Waals surface area contributed by atoms with Crippen LogP contribution >= 0.6 is 11.6 Å². The third kappa shape index (κ3) is 3.97. The lowest BCUT2D eigenvalue weighted by molar-refractivity contribution is -0.137.